The van der Waals surface area contributed by atoms with E-state index in [9.17, 15) is 9.50 Å². The highest BCUT2D eigenvalue weighted by molar-refractivity contribution is 5.60. The van der Waals surface area contributed by atoms with Crippen LogP contribution in [0.4, 0.5) is 10.1 Å². The lowest BCUT2D eigenvalue weighted by Crippen LogP contribution is -2.28. The average molecular weight is 197 g/mol. The minimum atomic E-state index is -0.474. The van der Waals surface area contributed by atoms with Crippen molar-refractivity contribution in [3.05, 3.63) is 23.5 Å². The molecule has 0 spiro atoms. The smallest absolute Gasteiger partial charge is 0.146 e. The third-order valence-electron chi connectivity index (χ3n) is 2.39. The molecule has 76 valence electrons. The summed E-state index contributed by atoms with van der Waals surface area (Å²) in [6, 6.07) is 2.94. The third-order valence-corrected chi connectivity index (χ3v) is 2.39. The van der Waals surface area contributed by atoms with Crippen LogP contribution >= 0.6 is 0 Å². The Bertz CT molecular complexity index is 354. The van der Waals surface area contributed by atoms with E-state index < -0.39 is 6.10 Å². The standard InChI is InChI=1S/C10H12FNO2/c1-14-9-3-2-8(11)10-7(9)4-6(13)5-12-10/h2-3,6,12-13H,4-5H2,1H3. The van der Waals surface area contributed by atoms with Gasteiger partial charge in [0.05, 0.1) is 18.9 Å². The van der Waals surface area contributed by atoms with Crippen LogP contribution in [0.25, 0.3) is 0 Å². The van der Waals surface area contributed by atoms with Crippen LogP contribution in [-0.2, 0) is 6.42 Å². The molecule has 2 N–H and O–H groups in total. The molecule has 0 aliphatic carbocycles. The largest absolute Gasteiger partial charge is 0.496 e. The molecule has 1 aromatic rings. The van der Waals surface area contributed by atoms with Gasteiger partial charge < -0.3 is 15.2 Å². The number of anilines is 1. The molecule has 1 aliphatic heterocycles. The lowest BCUT2D eigenvalue weighted by molar-refractivity contribution is 0.183. The van der Waals surface area contributed by atoms with E-state index in [0.29, 0.717) is 30.0 Å². The monoisotopic (exact) mass is 197 g/mol. The number of fused-ring (bicyclic) bond motifs is 1. The minimum absolute atomic E-state index is 0.298. The predicted molar refractivity (Wildman–Crippen MR) is 51.2 cm³/mol. The van der Waals surface area contributed by atoms with Crippen LogP contribution in [0.5, 0.6) is 5.75 Å². The van der Waals surface area contributed by atoms with Crippen molar-refractivity contribution < 1.29 is 14.2 Å². The van der Waals surface area contributed by atoms with Gasteiger partial charge in [-0.15, -0.1) is 0 Å². The summed E-state index contributed by atoms with van der Waals surface area (Å²) < 4.78 is 18.4. The van der Waals surface area contributed by atoms with Crippen LogP contribution in [0.1, 0.15) is 5.56 Å². The van der Waals surface area contributed by atoms with Crippen LogP contribution in [0.2, 0.25) is 0 Å². The average Bonchev–Trinajstić information content (AvgIpc) is 2.18. The topological polar surface area (TPSA) is 41.5 Å². The first-order valence-corrected chi connectivity index (χ1v) is 4.49. The van der Waals surface area contributed by atoms with Crippen molar-refractivity contribution in [1.82, 2.24) is 0 Å². The highest BCUT2D eigenvalue weighted by Crippen LogP contribution is 2.32. The zero-order valence-electron chi connectivity index (χ0n) is 7.88. The van der Waals surface area contributed by atoms with E-state index in [1.54, 1.807) is 6.07 Å². The molecule has 1 aliphatic rings. The van der Waals surface area contributed by atoms with Gasteiger partial charge in [0, 0.05) is 18.5 Å². The summed E-state index contributed by atoms with van der Waals surface area (Å²) in [5.41, 5.74) is 1.17. The third kappa shape index (κ3) is 1.42. The Hall–Kier alpha value is -1.29. The molecule has 1 atom stereocenters. The van der Waals surface area contributed by atoms with E-state index in [2.05, 4.69) is 5.32 Å². The fraction of sp³-hybridized carbons (Fsp3) is 0.400. The van der Waals surface area contributed by atoms with Crippen molar-refractivity contribution in [3.63, 3.8) is 0 Å². The van der Waals surface area contributed by atoms with Gasteiger partial charge >= 0.3 is 0 Å². The van der Waals surface area contributed by atoms with Gasteiger partial charge in [0.15, 0.2) is 0 Å². The molecular weight excluding hydrogens is 185 g/mol. The summed E-state index contributed by atoms with van der Waals surface area (Å²) in [7, 11) is 1.54. The van der Waals surface area contributed by atoms with Gasteiger partial charge in [-0.3, -0.25) is 0 Å². The number of halogens is 1. The Morgan fingerprint density at radius 2 is 2.36 bits per heavy atom. The van der Waals surface area contributed by atoms with Crippen LogP contribution in [0.15, 0.2) is 12.1 Å². The Kier molecular flexibility index (Phi) is 2.29. The molecule has 0 aromatic heterocycles. The van der Waals surface area contributed by atoms with E-state index in [0.717, 1.165) is 0 Å². The zero-order chi connectivity index (χ0) is 10.1. The highest BCUT2D eigenvalue weighted by atomic mass is 19.1. The maximum absolute atomic E-state index is 13.3. The maximum Gasteiger partial charge on any atom is 0.146 e. The van der Waals surface area contributed by atoms with E-state index in [1.165, 1.54) is 13.2 Å². The Labute approximate surface area is 81.5 Å². The maximum atomic E-state index is 13.3. The van der Waals surface area contributed by atoms with Crippen LogP contribution in [-0.4, -0.2) is 24.9 Å². The highest BCUT2D eigenvalue weighted by Gasteiger charge is 2.22. The van der Waals surface area contributed by atoms with Crippen LogP contribution in [0, 0.1) is 5.82 Å². The fourth-order valence-electron chi connectivity index (χ4n) is 1.71. The number of aliphatic hydroxyl groups is 1. The van der Waals surface area contributed by atoms with Crippen LogP contribution in [0.3, 0.4) is 0 Å². The van der Waals surface area contributed by atoms with Crippen molar-refractivity contribution in [2.75, 3.05) is 19.0 Å². The molecule has 0 fully saturated rings. The summed E-state index contributed by atoms with van der Waals surface area (Å²) >= 11 is 0. The molecule has 0 saturated carbocycles. The number of β-amino-alcohol motifs (C(OH)–C–C–N with tert-alkyl or cyclic N) is 1. The second kappa shape index (κ2) is 3.46. The van der Waals surface area contributed by atoms with Crippen molar-refractivity contribution in [3.8, 4) is 5.75 Å². The number of ether oxygens (including phenoxy) is 1. The van der Waals surface area contributed by atoms with Crippen molar-refractivity contribution in [1.29, 1.82) is 0 Å². The number of aliphatic hydroxyl groups excluding tert-OH is 1. The molecule has 3 nitrogen and oxygen atoms in total. The first-order valence-electron chi connectivity index (χ1n) is 4.49. The Morgan fingerprint density at radius 1 is 1.57 bits per heavy atom. The summed E-state index contributed by atoms with van der Waals surface area (Å²) in [6.45, 7) is 0.386. The van der Waals surface area contributed by atoms with E-state index in [1.807, 2.05) is 0 Å². The summed E-state index contributed by atoms with van der Waals surface area (Å²) in [6.07, 6.45) is -0.0401. The number of hydrogen-bond acceptors (Lipinski definition) is 3. The SMILES string of the molecule is COc1ccc(F)c2c1CC(O)CN2. The molecule has 1 heterocycles. The van der Waals surface area contributed by atoms with Gasteiger partial charge in [-0.1, -0.05) is 0 Å². The number of nitrogens with one attached hydrogen (secondary N) is 1. The van der Waals surface area contributed by atoms with Gasteiger partial charge in [-0.25, -0.2) is 4.39 Å². The quantitative estimate of drug-likeness (QED) is 0.710. The lowest BCUT2D eigenvalue weighted by Gasteiger charge is -2.24. The number of methoxy groups -OCH3 is 1. The van der Waals surface area contributed by atoms with Gasteiger partial charge in [0.25, 0.3) is 0 Å². The summed E-state index contributed by atoms with van der Waals surface area (Å²) in [4.78, 5) is 0. The molecule has 0 radical (unpaired) electrons. The molecule has 0 saturated heterocycles. The summed E-state index contributed by atoms with van der Waals surface area (Å²) in [5.74, 6) is 0.320. The van der Waals surface area contributed by atoms with E-state index in [-0.39, 0.29) is 5.82 Å². The number of rotatable bonds is 1. The fourth-order valence-corrected chi connectivity index (χ4v) is 1.71. The predicted octanol–water partition coefficient (Wildman–Crippen LogP) is 1.16. The lowest BCUT2D eigenvalue weighted by atomic mass is 10.00. The minimum Gasteiger partial charge on any atom is -0.496 e. The normalized spacial score (nSPS) is 19.8. The molecule has 4 heteroatoms. The van der Waals surface area contributed by atoms with Gasteiger partial charge in [-0.05, 0) is 12.1 Å². The van der Waals surface area contributed by atoms with Crippen molar-refractivity contribution in [2.24, 2.45) is 0 Å². The van der Waals surface area contributed by atoms with Crippen LogP contribution < -0.4 is 10.1 Å². The molecule has 0 bridgehead atoms. The number of hydrogen-bond donors (Lipinski definition) is 2. The molecular formula is C10H12FNO2. The molecule has 14 heavy (non-hydrogen) atoms. The molecule has 0 amide bonds. The van der Waals surface area contributed by atoms with Gasteiger partial charge in [0.1, 0.15) is 11.6 Å². The Balaban J connectivity index is 2.49. The second-order valence-corrected chi connectivity index (χ2v) is 3.34. The first kappa shape index (κ1) is 9.27. The van der Waals surface area contributed by atoms with E-state index >= 15 is 0 Å². The zero-order valence-corrected chi connectivity index (χ0v) is 7.88. The van der Waals surface area contributed by atoms with Gasteiger partial charge in [0.2, 0.25) is 0 Å². The number of benzene rings is 1. The van der Waals surface area contributed by atoms with Gasteiger partial charge in [-0.2, -0.15) is 0 Å². The first-order chi connectivity index (χ1) is 6.72. The van der Waals surface area contributed by atoms with Crippen molar-refractivity contribution >= 4 is 5.69 Å². The van der Waals surface area contributed by atoms with E-state index in [4.69, 9.17) is 4.74 Å². The molecule has 1 unspecified atom stereocenters. The van der Waals surface area contributed by atoms with Crippen molar-refractivity contribution in [2.45, 2.75) is 12.5 Å². The second-order valence-electron chi connectivity index (χ2n) is 3.34. The molecule has 2 rings (SSSR count). The summed E-state index contributed by atoms with van der Waals surface area (Å²) in [5, 5.41) is 12.3. The molecule has 1 aromatic carbocycles. The Morgan fingerprint density at radius 3 is 3.07 bits per heavy atom.